The minimum atomic E-state index is -3.33. The molecule has 0 N–H and O–H groups in total. The molecule has 14 heavy (non-hydrogen) atoms. The Morgan fingerprint density at radius 1 is 1.21 bits per heavy atom. The fraction of sp³-hybridized carbons (Fsp3) is 1.00. The zero-order chi connectivity index (χ0) is 11.2. The summed E-state index contributed by atoms with van der Waals surface area (Å²) in [5.74, 6) is 0.388. The predicted octanol–water partition coefficient (Wildman–Crippen LogP) is 2.40. The van der Waals surface area contributed by atoms with Crippen molar-refractivity contribution in [1.82, 2.24) is 0 Å². The van der Waals surface area contributed by atoms with E-state index in [9.17, 15) is 8.42 Å². The molecular formula is C9H19ClO3S. The number of hydrogen-bond donors (Lipinski definition) is 0. The van der Waals surface area contributed by atoms with Gasteiger partial charge in [0.15, 0.2) is 0 Å². The van der Waals surface area contributed by atoms with Crippen molar-refractivity contribution >= 4 is 19.7 Å². The maximum atomic E-state index is 10.7. The highest BCUT2D eigenvalue weighted by Crippen LogP contribution is 2.11. The second-order valence-electron chi connectivity index (χ2n) is 3.85. The van der Waals surface area contributed by atoms with Crippen LogP contribution >= 0.6 is 10.7 Å². The van der Waals surface area contributed by atoms with Crippen molar-refractivity contribution in [2.75, 3.05) is 12.4 Å². The molecular weight excluding hydrogens is 224 g/mol. The van der Waals surface area contributed by atoms with Crippen LogP contribution in [0.2, 0.25) is 0 Å². The minimum Gasteiger partial charge on any atom is -0.379 e. The standard InChI is InChI=1S/C9H19ClO3S/c1-8(2)13-6-4-9(3)5-7-14(10,11)12/h8-9H,4-7H2,1-3H3. The second-order valence-corrected chi connectivity index (χ2v) is 6.74. The zero-order valence-corrected chi connectivity index (χ0v) is 10.6. The van der Waals surface area contributed by atoms with E-state index in [-0.39, 0.29) is 11.9 Å². The topological polar surface area (TPSA) is 43.4 Å². The molecule has 0 radical (unpaired) electrons. The molecule has 0 fully saturated rings. The van der Waals surface area contributed by atoms with Crippen LogP contribution < -0.4 is 0 Å². The van der Waals surface area contributed by atoms with Crippen LogP contribution in [0.25, 0.3) is 0 Å². The van der Waals surface area contributed by atoms with Gasteiger partial charge in [-0.2, -0.15) is 0 Å². The molecule has 0 saturated heterocycles. The highest BCUT2D eigenvalue weighted by molar-refractivity contribution is 8.13. The van der Waals surface area contributed by atoms with Gasteiger partial charge in [0.1, 0.15) is 0 Å². The van der Waals surface area contributed by atoms with E-state index in [4.69, 9.17) is 15.4 Å². The van der Waals surface area contributed by atoms with E-state index in [1.54, 1.807) is 0 Å². The van der Waals surface area contributed by atoms with Crippen molar-refractivity contribution < 1.29 is 13.2 Å². The normalized spacial score (nSPS) is 14.6. The first-order chi connectivity index (χ1) is 6.31. The molecule has 0 amide bonds. The molecule has 1 atom stereocenters. The summed E-state index contributed by atoms with van der Waals surface area (Å²) in [5.41, 5.74) is 0. The lowest BCUT2D eigenvalue weighted by molar-refractivity contribution is 0.0695. The Kier molecular flexibility index (Phi) is 6.74. The quantitative estimate of drug-likeness (QED) is 0.644. The van der Waals surface area contributed by atoms with Crippen molar-refractivity contribution in [2.45, 2.75) is 39.7 Å². The third-order valence-corrected chi connectivity index (χ3v) is 3.10. The molecule has 0 aliphatic rings. The van der Waals surface area contributed by atoms with Crippen molar-refractivity contribution in [2.24, 2.45) is 5.92 Å². The van der Waals surface area contributed by atoms with E-state index in [2.05, 4.69) is 0 Å². The lowest BCUT2D eigenvalue weighted by Crippen LogP contribution is -2.10. The van der Waals surface area contributed by atoms with E-state index in [0.717, 1.165) is 6.42 Å². The molecule has 3 nitrogen and oxygen atoms in total. The SMILES string of the molecule is CC(CCOC(C)C)CCS(=O)(=O)Cl. The van der Waals surface area contributed by atoms with Crippen LogP contribution in [0.5, 0.6) is 0 Å². The number of ether oxygens (including phenoxy) is 1. The van der Waals surface area contributed by atoms with Gasteiger partial charge >= 0.3 is 0 Å². The molecule has 0 aromatic carbocycles. The molecule has 0 aliphatic heterocycles. The summed E-state index contributed by atoms with van der Waals surface area (Å²) in [5, 5.41) is 0. The number of rotatable bonds is 7. The van der Waals surface area contributed by atoms with Crippen LogP contribution in [0.1, 0.15) is 33.6 Å². The first-order valence-electron chi connectivity index (χ1n) is 4.85. The molecule has 0 aliphatic carbocycles. The van der Waals surface area contributed by atoms with E-state index < -0.39 is 9.05 Å². The first kappa shape index (κ1) is 14.2. The van der Waals surface area contributed by atoms with Crippen LogP contribution in [-0.2, 0) is 13.8 Å². The Bertz CT molecular complexity index is 236. The Labute approximate surface area is 91.2 Å². The molecule has 0 spiro atoms. The molecule has 0 rings (SSSR count). The molecule has 0 aromatic heterocycles. The third-order valence-electron chi connectivity index (χ3n) is 1.92. The Hall–Kier alpha value is 0.200. The van der Waals surface area contributed by atoms with E-state index in [0.29, 0.717) is 18.9 Å². The van der Waals surface area contributed by atoms with Crippen LogP contribution in [0.3, 0.4) is 0 Å². The summed E-state index contributed by atoms with van der Waals surface area (Å²) < 4.78 is 26.7. The Morgan fingerprint density at radius 3 is 2.21 bits per heavy atom. The molecule has 0 bridgehead atoms. The van der Waals surface area contributed by atoms with Crippen LogP contribution in [0, 0.1) is 5.92 Å². The van der Waals surface area contributed by atoms with Gasteiger partial charge in [-0.25, -0.2) is 8.42 Å². The van der Waals surface area contributed by atoms with Gasteiger partial charge < -0.3 is 4.74 Å². The molecule has 0 aromatic rings. The van der Waals surface area contributed by atoms with Gasteiger partial charge in [0, 0.05) is 17.3 Å². The van der Waals surface area contributed by atoms with E-state index in [1.807, 2.05) is 20.8 Å². The predicted molar refractivity (Wildman–Crippen MR) is 59.1 cm³/mol. The van der Waals surface area contributed by atoms with Crippen molar-refractivity contribution in [3.05, 3.63) is 0 Å². The first-order valence-corrected chi connectivity index (χ1v) is 7.33. The van der Waals surface area contributed by atoms with Gasteiger partial charge in [-0.15, -0.1) is 0 Å². The van der Waals surface area contributed by atoms with Crippen LogP contribution in [-0.4, -0.2) is 26.9 Å². The fourth-order valence-electron chi connectivity index (χ4n) is 0.991. The lowest BCUT2D eigenvalue weighted by Gasteiger charge is -2.12. The zero-order valence-electron chi connectivity index (χ0n) is 8.99. The third kappa shape index (κ3) is 10.3. The van der Waals surface area contributed by atoms with Gasteiger partial charge in [-0.1, -0.05) is 6.92 Å². The highest BCUT2D eigenvalue weighted by atomic mass is 35.7. The largest absolute Gasteiger partial charge is 0.379 e. The van der Waals surface area contributed by atoms with Gasteiger partial charge in [-0.05, 0) is 32.6 Å². The molecule has 0 saturated carbocycles. The molecule has 0 heterocycles. The monoisotopic (exact) mass is 242 g/mol. The van der Waals surface area contributed by atoms with Crippen molar-refractivity contribution in [3.8, 4) is 0 Å². The minimum absolute atomic E-state index is 0.0530. The summed E-state index contributed by atoms with van der Waals surface area (Å²) in [6.45, 7) is 6.65. The van der Waals surface area contributed by atoms with Crippen LogP contribution in [0.15, 0.2) is 0 Å². The average Bonchev–Trinajstić information content (AvgIpc) is 1.99. The van der Waals surface area contributed by atoms with E-state index in [1.165, 1.54) is 0 Å². The highest BCUT2D eigenvalue weighted by Gasteiger charge is 2.09. The number of hydrogen-bond acceptors (Lipinski definition) is 3. The molecule has 86 valence electrons. The van der Waals surface area contributed by atoms with Gasteiger partial charge in [0.25, 0.3) is 0 Å². The lowest BCUT2D eigenvalue weighted by atomic mass is 10.1. The van der Waals surface area contributed by atoms with Crippen molar-refractivity contribution in [1.29, 1.82) is 0 Å². The van der Waals surface area contributed by atoms with Gasteiger partial charge in [0.05, 0.1) is 11.9 Å². The Balaban J connectivity index is 3.51. The van der Waals surface area contributed by atoms with Gasteiger partial charge in [0.2, 0.25) is 9.05 Å². The van der Waals surface area contributed by atoms with E-state index >= 15 is 0 Å². The smallest absolute Gasteiger partial charge is 0.232 e. The van der Waals surface area contributed by atoms with Gasteiger partial charge in [-0.3, -0.25) is 0 Å². The summed E-state index contributed by atoms with van der Waals surface area (Å²) in [4.78, 5) is 0. The summed E-state index contributed by atoms with van der Waals surface area (Å²) in [7, 11) is 1.77. The fourth-order valence-corrected chi connectivity index (χ4v) is 1.94. The molecule has 5 heteroatoms. The maximum Gasteiger partial charge on any atom is 0.232 e. The average molecular weight is 243 g/mol. The summed E-state index contributed by atoms with van der Waals surface area (Å²) >= 11 is 0. The van der Waals surface area contributed by atoms with Crippen molar-refractivity contribution in [3.63, 3.8) is 0 Å². The summed E-state index contributed by atoms with van der Waals surface area (Å²) in [6.07, 6.45) is 1.72. The second kappa shape index (κ2) is 6.64. The molecule has 1 unspecified atom stereocenters. The van der Waals surface area contributed by atoms with Crippen LogP contribution in [0.4, 0.5) is 0 Å². The number of halogens is 1. The maximum absolute atomic E-state index is 10.7. The summed E-state index contributed by atoms with van der Waals surface area (Å²) in [6, 6.07) is 0. The Morgan fingerprint density at radius 2 is 1.79 bits per heavy atom.